The van der Waals surface area contributed by atoms with Crippen LogP contribution in [0.3, 0.4) is 0 Å². The number of rotatable bonds is 1. The van der Waals surface area contributed by atoms with Crippen molar-refractivity contribution in [1.29, 1.82) is 0 Å². The molecule has 0 aromatic heterocycles. The summed E-state index contributed by atoms with van der Waals surface area (Å²) in [6.45, 7) is 14.0. The second kappa shape index (κ2) is 5.91. The third-order valence-electron chi connectivity index (χ3n) is 4.00. The summed E-state index contributed by atoms with van der Waals surface area (Å²) in [6.07, 6.45) is 0. The fourth-order valence-corrected chi connectivity index (χ4v) is 4.48. The van der Waals surface area contributed by atoms with Crippen LogP contribution in [0.4, 0.5) is 0 Å². The van der Waals surface area contributed by atoms with Gasteiger partial charge in [-0.3, -0.25) is 0 Å². The first-order valence-electron chi connectivity index (χ1n) is 7.82. The third-order valence-corrected chi connectivity index (χ3v) is 4.83. The van der Waals surface area contributed by atoms with E-state index in [-0.39, 0.29) is 10.8 Å². The maximum absolute atomic E-state index is 2.34. The molecule has 2 rings (SSSR count). The van der Waals surface area contributed by atoms with E-state index in [0.717, 1.165) is 27.9 Å². The molecular formula is C20H25Na. The molecule has 1 heteroatoms. The van der Waals surface area contributed by atoms with Gasteiger partial charge >= 0.3 is 148 Å². The van der Waals surface area contributed by atoms with Gasteiger partial charge < -0.3 is 0 Å². The van der Waals surface area contributed by atoms with Crippen LogP contribution >= 0.6 is 0 Å². The van der Waals surface area contributed by atoms with Crippen LogP contribution in [0.25, 0.3) is 11.1 Å². The molecule has 2 aromatic rings. The van der Waals surface area contributed by atoms with E-state index in [1.54, 1.807) is 5.56 Å². The molecule has 0 amide bonds. The molecule has 0 heterocycles. The summed E-state index contributed by atoms with van der Waals surface area (Å²) in [4.78, 5) is 0. The average Bonchev–Trinajstić information content (AvgIpc) is 2.37. The topological polar surface area (TPSA) is 0 Å². The standard InChI is InChI=1S/C20H25.Na/c1-19(2,3)17-14-10-13-16(18(17)20(4,5)6)15-11-8-7-9-12-15;/h7-13H,1-6H3;. The third kappa shape index (κ3) is 3.62. The molecule has 0 nitrogen and oxygen atoms in total. The second-order valence-corrected chi connectivity index (χ2v) is 9.12. The Hall–Kier alpha value is -0.560. The molecule has 0 spiro atoms. The van der Waals surface area contributed by atoms with Crippen LogP contribution in [0, 0.1) is 0 Å². The molecule has 0 saturated carbocycles. The first kappa shape index (κ1) is 16.8. The zero-order chi connectivity index (χ0) is 15.8. The van der Waals surface area contributed by atoms with Crippen molar-refractivity contribution < 1.29 is 0 Å². The molecule has 21 heavy (non-hydrogen) atoms. The number of hydrogen-bond acceptors (Lipinski definition) is 0. The Balaban J connectivity index is 2.85. The van der Waals surface area contributed by atoms with Crippen molar-refractivity contribution in [2.45, 2.75) is 52.4 Å². The van der Waals surface area contributed by atoms with Gasteiger partial charge in [0.1, 0.15) is 0 Å². The molecule has 2 aromatic carbocycles. The summed E-state index contributed by atoms with van der Waals surface area (Å²) in [5.74, 6) is 0. The first-order valence-corrected chi connectivity index (χ1v) is 8.82. The van der Waals surface area contributed by atoms with Crippen LogP contribution in [0.1, 0.15) is 52.7 Å². The van der Waals surface area contributed by atoms with Gasteiger partial charge in [-0.05, 0) is 0 Å². The molecule has 0 aliphatic heterocycles. The van der Waals surface area contributed by atoms with Gasteiger partial charge in [0, 0.05) is 0 Å². The normalized spacial score (nSPS) is 12.6. The van der Waals surface area contributed by atoms with E-state index in [9.17, 15) is 0 Å². The summed E-state index contributed by atoms with van der Waals surface area (Å²) in [6, 6.07) is 15.5. The van der Waals surface area contributed by atoms with Crippen LogP contribution in [0.2, 0.25) is 0 Å². The Morgan fingerprint density at radius 3 is 1.67 bits per heavy atom. The van der Waals surface area contributed by atoms with Gasteiger partial charge in [-0.1, -0.05) is 0 Å². The van der Waals surface area contributed by atoms with Crippen molar-refractivity contribution in [3.63, 3.8) is 0 Å². The molecule has 0 aliphatic carbocycles. The molecule has 0 N–H and O–H groups in total. The van der Waals surface area contributed by atoms with Crippen LogP contribution in [-0.4, -0.2) is 27.9 Å². The zero-order valence-electron chi connectivity index (χ0n) is 14.5. The van der Waals surface area contributed by atoms with Crippen molar-refractivity contribution in [3.05, 3.63) is 53.6 Å². The number of benzene rings is 2. The molecule has 0 bridgehead atoms. The van der Waals surface area contributed by atoms with Crippen LogP contribution < -0.4 is 2.81 Å². The summed E-state index contributed by atoms with van der Waals surface area (Å²) < 4.78 is 1.53. The minimum absolute atomic E-state index is 0.147. The zero-order valence-corrected chi connectivity index (χ0v) is 16.5. The van der Waals surface area contributed by atoms with Gasteiger partial charge in [0.25, 0.3) is 0 Å². The van der Waals surface area contributed by atoms with E-state index < -0.39 is 0 Å². The monoisotopic (exact) mass is 288 g/mol. The summed E-state index contributed by atoms with van der Waals surface area (Å²) in [7, 11) is 0. The van der Waals surface area contributed by atoms with E-state index in [1.807, 2.05) is 0 Å². The molecule has 0 aliphatic rings. The summed E-state index contributed by atoms with van der Waals surface area (Å²) in [5.41, 5.74) is 6.14. The van der Waals surface area contributed by atoms with E-state index >= 15 is 0 Å². The van der Waals surface area contributed by atoms with E-state index in [4.69, 9.17) is 0 Å². The van der Waals surface area contributed by atoms with Crippen molar-refractivity contribution in [1.82, 2.24) is 0 Å². The average molecular weight is 288 g/mol. The Labute approximate surface area is 147 Å². The van der Waals surface area contributed by atoms with Gasteiger partial charge in [0.15, 0.2) is 0 Å². The predicted octanol–water partition coefficient (Wildman–Crippen LogP) is 4.74. The molecule has 0 fully saturated rings. The summed E-state index contributed by atoms with van der Waals surface area (Å²) in [5, 5.41) is 0. The Kier molecular flexibility index (Phi) is 4.73. The fraction of sp³-hybridized carbons (Fsp3) is 0.400. The van der Waals surface area contributed by atoms with Gasteiger partial charge in [-0.15, -0.1) is 0 Å². The fourth-order valence-electron chi connectivity index (χ4n) is 3.31. The molecule has 106 valence electrons. The van der Waals surface area contributed by atoms with Crippen LogP contribution in [0.5, 0.6) is 0 Å². The van der Waals surface area contributed by atoms with Gasteiger partial charge in [0.2, 0.25) is 0 Å². The van der Waals surface area contributed by atoms with Crippen molar-refractivity contribution in [3.8, 4) is 11.1 Å². The van der Waals surface area contributed by atoms with Crippen LogP contribution in [-0.2, 0) is 10.8 Å². The van der Waals surface area contributed by atoms with Crippen LogP contribution in [0.15, 0.2) is 42.5 Å². The number of hydrogen-bond donors (Lipinski definition) is 0. The van der Waals surface area contributed by atoms with E-state index in [2.05, 4.69) is 84.0 Å². The first-order chi connectivity index (χ1) is 9.62. The van der Waals surface area contributed by atoms with Crippen molar-refractivity contribution >= 4 is 30.7 Å². The van der Waals surface area contributed by atoms with E-state index in [1.165, 1.54) is 19.5 Å². The Morgan fingerprint density at radius 2 is 1.19 bits per heavy atom. The minimum atomic E-state index is 0.147. The van der Waals surface area contributed by atoms with Gasteiger partial charge in [-0.2, -0.15) is 0 Å². The maximum atomic E-state index is 2.34. The van der Waals surface area contributed by atoms with Crippen molar-refractivity contribution in [2.24, 2.45) is 0 Å². The Bertz CT molecular complexity index is 625. The van der Waals surface area contributed by atoms with Gasteiger partial charge in [0.05, 0.1) is 0 Å². The molecule has 0 unspecified atom stereocenters. The Morgan fingerprint density at radius 1 is 0.667 bits per heavy atom. The molecule has 0 saturated heterocycles. The molecule has 0 radical (unpaired) electrons. The SMILES string of the molecule is CC(C)(C)c1[c]([Na])ccc(-c2ccccc2)c1C(C)(C)C. The second-order valence-electron chi connectivity index (χ2n) is 8.05. The quantitative estimate of drug-likeness (QED) is 0.665. The predicted molar refractivity (Wildman–Crippen MR) is 94.7 cm³/mol. The van der Waals surface area contributed by atoms with E-state index in [0.29, 0.717) is 0 Å². The van der Waals surface area contributed by atoms with Crippen molar-refractivity contribution in [2.75, 3.05) is 0 Å². The molecule has 0 atom stereocenters. The summed E-state index contributed by atoms with van der Waals surface area (Å²) >= 11 is 1.10. The molecular weight excluding hydrogens is 263 g/mol. The van der Waals surface area contributed by atoms with Gasteiger partial charge in [-0.25, -0.2) is 0 Å².